The zero-order chi connectivity index (χ0) is 22.0. The van der Waals surface area contributed by atoms with Crippen LogP contribution in [0.3, 0.4) is 0 Å². The van der Waals surface area contributed by atoms with Crippen LogP contribution < -0.4 is 14.8 Å². The van der Waals surface area contributed by atoms with E-state index in [9.17, 15) is 9.18 Å². The quantitative estimate of drug-likeness (QED) is 0.489. The average molecular weight is 423 g/mol. The van der Waals surface area contributed by atoms with E-state index in [1.54, 1.807) is 44.4 Å². The second-order valence-electron chi connectivity index (χ2n) is 6.40. The van der Waals surface area contributed by atoms with Gasteiger partial charge in [-0.2, -0.15) is 4.98 Å². The van der Waals surface area contributed by atoms with Crippen molar-refractivity contribution in [3.8, 4) is 28.6 Å². The number of rotatable bonds is 6. The first-order valence-corrected chi connectivity index (χ1v) is 9.14. The lowest BCUT2D eigenvalue weighted by Crippen LogP contribution is -2.15. The van der Waals surface area contributed by atoms with Crippen LogP contribution in [0.15, 0.2) is 42.5 Å². The lowest BCUT2D eigenvalue weighted by Gasteiger charge is -2.07. The number of aryl methyl sites for hydroxylation is 1. The zero-order valence-corrected chi connectivity index (χ0v) is 16.9. The number of aromatic amines is 1. The van der Waals surface area contributed by atoms with Gasteiger partial charge in [-0.3, -0.25) is 15.2 Å². The Hall–Kier alpha value is -4.28. The molecule has 0 fully saturated rings. The number of anilines is 1. The molecule has 0 saturated carbocycles. The van der Waals surface area contributed by atoms with Crippen LogP contribution in [-0.2, 0) is 0 Å². The molecule has 2 N–H and O–H groups in total. The molecule has 2 aromatic carbocycles. The van der Waals surface area contributed by atoms with Gasteiger partial charge in [-0.25, -0.2) is 14.1 Å². The predicted octanol–water partition coefficient (Wildman–Crippen LogP) is 2.77. The molecular weight excluding hydrogens is 405 g/mol. The van der Waals surface area contributed by atoms with Crippen molar-refractivity contribution in [2.24, 2.45) is 0 Å². The number of nitrogens with one attached hydrogen (secondary N) is 2. The lowest BCUT2D eigenvalue weighted by molar-refractivity contribution is 0.101. The third kappa shape index (κ3) is 4.06. The zero-order valence-electron chi connectivity index (χ0n) is 16.9. The summed E-state index contributed by atoms with van der Waals surface area (Å²) in [5, 5.41) is 13.5. The number of hydrogen-bond donors (Lipinski definition) is 2. The molecule has 0 bridgehead atoms. The lowest BCUT2D eigenvalue weighted by atomic mass is 10.2. The molecule has 0 saturated heterocycles. The minimum Gasteiger partial charge on any atom is -0.497 e. The number of ether oxygens (including phenoxy) is 2. The van der Waals surface area contributed by atoms with Crippen molar-refractivity contribution in [3.63, 3.8) is 0 Å². The highest BCUT2D eigenvalue weighted by atomic mass is 19.1. The van der Waals surface area contributed by atoms with Crippen molar-refractivity contribution in [2.75, 3.05) is 19.5 Å². The molecule has 158 valence electrons. The predicted molar refractivity (Wildman–Crippen MR) is 109 cm³/mol. The summed E-state index contributed by atoms with van der Waals surface area (Å²) in [5.74, 6) is 1.05. The van der Waals surface area contributed by atoms with Gasteiger partial charge in [-0.15, -0.1) is 10.2 Å². The number of carbonyl (C=O) groups excluding carboxylic acids is 1. The molecule has 1 amide bonds. The van der Waals surface area contributed by atoms with E-state index < -0.39 is 5.91 Å². The third-order valence-corrected chi connectivity index (χ3v) is 4.42. The van der Waals surface area contributed by atoms with E-state index >= 15 is 0 Å². The highest BCUT2D eigenvalue weighted by Crippen LogP contribution is 2.31. The van der Waals surface area contributed by atoms with E-state index in [1.165, 1.54) is 23.9 Å². The first-order chi connectivity index (χ1) is 15.0. The van der Waals surface area contributed by atoms with Crippen LogP contribution in [0.4, 0.5) is 10.3 Å². The molecule has 11 heteroatoms. The summed E-state index contributed by atoms with van der Waals surface area (Å²) in [7, 11) is 3.09. The van der Waals surface area contributed by atoms with Gasteiger partial charge in [0.15, 0.2) is 5.82 Å². The van der Waals surface area contributed by atoms with Gasteiger partial charge in [0, 0.05) is 6.07 Å². The maximum atomic E-state index is 13.1. The normalized spacial score (nSPS) is 10.7. The summed E-state index contributed by atoms with van der Waals surface area (Å²) < 4.78 is 25.1. The molecule has 0 aliphatic rings. The fourth-order valence-electron chi connectivity index (χ4n) is 2.90. The van der Waals surface area contributed by atoms with Crippen molar-refractivity contribution in [2.45, 2.75) is 6.92 Å². The molecule has 0 spiro atoms. The van der Waals surface area contributed by atoms with E-state index in [0.29, 0.717) is 34.4 Å². The van der Waals surface area contributed by atoms with E-state index in [2.05, 4.69) is 30.6 Å². The molecule has 2 aromatic heterocycles. The average Bonchev–Trinajstić information content (AvgIpc) is 3.40. The third-order valence-electron chi connectivity index (χ3n) is 4.42. The second kappa shape index (κ2) is 8.22. The van der Waals surface area contributed by atoms with E-state index in [0.717, 1.165) is 0 Å². The molecule has 0 aliphatic carbocycles. The first-order valence-electron chi connectivity index (χ1n) is 9.14. The highest BCUT2D eigenvalue weighted by Gasteiger charge is 2.18. The summed E-state index contributed by atoms with van der Waals surface area (Å²) >= 11 is 0. The Balaban J connectivity index is 1.54. The van der Waals surface area contributed by atoms with Crippen molar-refractivity contribution in [3.05, 3.63) is 59.9 Å². The van der Waals surface area contributed by atoms with E-state index in [1.807, 2.05) is 0 Å². The van der Waals surface area contributed by atoms with Gasteiger partial charge in [0.05, 0.1) is 25.5 Å². The van der Waals surface area contributed by atoms with Crippen LogP contribution in [0, 0.1) is 12.7 Å². The van der Waals surface area contributed by atoms with Crippen LogP contribution in [0.25, 0.3) is 17.1 Å². The van der Waals surface area contributed by atoms with Crippen molar-refractivity contribution in [1.82, 2.24) is 29.9 Å². The van der Waals surface area contributed by atoms with E-state index in [-0.39, 0.29) is 17.6 Å². The monoisotopic (exact) mass is 423 g/mol. The van der Waals surface area contributed by atoms with Crippen LogP contribution >= 0.6 is 0 Å². The number of aromatic nitrogens is 6. The Bertz CT molecular complexity index is 1230. The van der Waals surface area contributed by atoms with Gasteiger partial charge in [0.2, 0.25) is 11.8 Å². The maximum Gasteiger partial charge on any atom is 0.297 e. The van der Waals surface area contributed by atoms with Crippen molar-refractivity contribution >= 4 is 11.9 Å². The van der Waals surface area contributed by atoms with Gasteiger partial charge < -0.3 is 9.47 Å². The minimum absolute atomic E-state index is 0.0497. The minimum atomic E-state index is -0.587. The number of methoxy groups -OCH3 is 2. The smallest absolute Gasteiger partial charge is 0.297 e. The van der Waals surface area contributed by atoms with Crippen LogP contribution in [-0.4, -0.2) is 50.1 Å². The number of nitrogens with zero attached hydrogens (tertiary/aromatic N) is 5. The van der Waals surface area contributed by atoms with Gasteiger partial charge in [0.1, 0.15) is 23.1 Å². The Labute approximate surface area is 176 Å². The number of hydrogen-bond acceptors (Lipinski definition) is 7. The van der Waals surface area contributed by atoms with Gasteiger partial charge in [0.25, 0.3) is 5.91 Å². The largest absolute Gasteiger partial charge is 0.497 e. The molecule has 10 nitrogen and oxygen atoms in total. The molecular formula is C20H18FN7O3. The number of H-pyrrole nitrogens is 1. The molecule has 0 aliphatic heterocycles. The summed E-state index contributed by atoms with van der Waals surface area (Å²) in [4.78, 5) is 21.0. The topological polar surface area (TPSA) is 120 Å². The Morgan fingerprint density at radius 3 is 2.58 bits per heavy atom. The second-order valence-corrected chi connectivity index (χ2v) is 6.40. The number of benzene rings is 2. The number of carbonyl (C=O) groups is 1. The number of halogens is 1. The Kier molecular flexibility index (Phi) is 5.31. The molecule has 31 heavy (non-hydrogen) atoms. The molecule has 0 unspecified atom stereocenters. The van der Waals surface area contributed by atoms with Gasteiger partial charge in [-0.1, -0.05) is 0 Å². The summed E-state index contributed by atoms with van der Waals surface area (Å²) in [6, 6.07) is 10.9. The van der Waals surface area contributed by atoms with Crippen molar-refractivity contribution in [1.29, 1.82) is 0 Å². The standard InChI is InChI=1S/C20H18FN7O3/c1-11-22-18(27-28(11)13-6-4-12(21)5-7-13)19(29)24-20-23-17(25-26-20)15-9-8-14(30-2)10-16(15)31-3/h4-10H,1-3H3,(H2,23,24,25,26,29). The number of amides is 1. The SMILES string of the molecule is COc1ccc(-c2nc(NC(=O)c3nc(C)n(-c4ccc(F)cc4)n3)n[nH]2)c(OC)c1. The summed E-state index contributed by atoms with van der Waals surface area (Å²) in [5.41, 5.74) is 1.23. The fourth-order valence-corrected chi connectivity index (χ4v) is 2.90. The Morgan fingerprint density at radius 1 is 1.10 bits per heavy atom. The first kappa shape index (κ1) is 20.0. The maximum absolute atomic E-state index is 13.1. The molecule has 0 radical (unpaired) electrons. The molecule has 4 aromatic rings. The van der Waals surface area contributed by atoms with Crippen LogP contribution in [0.2, 0.25) is 0 Å². The van der Waals surface area contributed by atoms with Crippen molar-refractivity contribution < 1.29 is 18.7 Å². The molecule has 0 atom stereocenters. The van der Waals surface area contributed by atoms with E-state index in [4.69, 9.17) is 9.47 Å². The Morgan fingerprint density at radius 2 is 1.87 bits per heavy atom. The fraction of sp³-hybridized carbons (Fsp3) is 0.150. The summed E-state index contributed by atoms with van der Waals surface area (Å²) in [6.45, 7) is 1.69. The molecule has 4 rings (SSSR count). The molecule has 2 heterocycles. The summed E-state index contributed by atoms with van der Waals surface area (Å²) in [6.07, 6.45) is 0. The van der Waals surface area contributed by atoms with Crippen LogP contribution in [0.1, 0.15) is 16.4 Å². The highest BCUT2D eigenvalue weighted by molar-refractivity contribution is 6.00. The van der Waals surface area contributed by atoms with Gasteiger partial charge in [-0.05, 0) is 43.3 Å². The van der Waals surface area contributed by atoms with Gasteiger partial charge >= 0.3 is 0 Å². The van der Waals surface area contributed by atoms with Crippen LogP contribution in [0.5, 0.6) is 11.5 Å².